The van der Waals surface area contributed by atoms with E-state index in [-0.39, 0.29) is 24.4 Å². The van der Waals surface area contributed by atoms with Crippen LogP contribution in [-0.4, -0.2) is 30.9 Å². The number of carbonyl (C=O) groups excluding carboxylic acids is 2. The molecule has 0 heterocycles. The van der Waals surface area contributed by atoms with Gasteiger partial charge in [0.25, 0.3) is 0 Å². The lowest BCUT2D eigenvalue weighted by Crippen LogP contribution is -2.36. The van der Waals surface area contributed by atoms with Gasteiger partial charge in [-0.3, -0.25) is 4.79 Å². The normalized spacial score (nSPS) is 11.5. The van der Waals surface area contributed by atoms with E-state index in [1.165, 1.54) is 4.90 Å². The van der Waals surface area contributed by atoms with Crippen molar-refractivity contribution in [1.29, 1.82) is 0 Å². The van der Waals surface area contributed by atoms with Crippen molar-refractivity contribution in [2.45, 2.75) is 19.4 Å². The molecule has 0 aliphatic heterocycles. The fourth-order valence-electron chi connectivity index (χ4n) is 2.26. The Labute approximate surface area is 142 Å². The maximum Gasteiger partial charge on any atom is 0.319 e. The maximum absolute atomic E-state index is 12.3. The molecule has 3 amide bonds. The van der Waals surface area contributed by atoms with Crippen LogP contribution in [0.25, 0.3) is 0 Å². The lowest BCUT2D eigenvalue weighted by molar-refractivity contribution is -0.129. The molecule has 2 aromatic carbocycles. The van der Waals surface area contributed by atoms with Crippen molar-refractivity contribution in [3.05, 3.63) is 65.7 Å². The van der Waals surface area contributed by atoms with Gasteiger partial charge in [0.15, 0.2) is 0 Å². The zero-order valence-electron chi connectivity index (χ0n) is 14.2. The lowest BCUT2D eigenvalue weighted by Gasteiger charge is -2.21. The summed E-state index contributed by atoms with van der Waals surface area (Å²) in [4.78, 5) is 25.9. The summed E-state index contributed by atoms with van der Waals surface area (Å²) in [5.41, 5.74) is 2.73. The van der Waals surface area contributed by atoms with Crippen LogP contribution in [0.1, 0.15) is 23.6 Å². The molecule has 2 rings (SSSR count). The van der Waals surface area contributed by atoms with Crippen LogP contribution < -0.4 is 10.6 Å². The summed E-state index contributed by atoms with van der Waals surface area (Å²) in [6.45, 7) is 1.99. The second kappa shape index (κ2) is 8.15. The molecule has 0 spiro atoms. The number of urea groups is 1. The predicted octanol–water partition coefficient (Wildman–Crippen LogP) is 3.34. The molecule has 5 heteroatoms. The molecule has 0 unspecified atom stereocenters. The molecule has 24 heavy (non-hydrogen) atoms. The van der Waals surface area contributed by atoms with Gasteiger partial charge in [0.1, 0.15) is 0 Å². The summed E-state index contributed by atoms with van der Waals surface area (Å²) in [6.07, 6.45) is 0.207. The Bertz CT molecular complexity index is 682. The number of amides is 3. The Morgan fingerprint density at radius 1 is 1.00 bits per heavy atom. The van der Waals surface area contributed by atoms with Crippen molar-refractivity contribution < 1.29 is 9.59 Å². The van der Waals surface area contributed by atoms with Gasteiger partial charge in [0.2, 0.25) is 5.91 Å². The van der Waals surface area contributed by atoms with Gasteiger partial charge in [-0.05, 0) is 24.6 Å². The van der Waals surface area contributed by atoms with E-state index >= 15 is 0 Å². The van der Waals surface area contributed by atoms with Gasteiger partial charge >= 0.3 is 6.03 Å². The highest BCUT2D eigenvalue weighted by molar-refractivity contribution is 5.90. The number of anilines is 1. The van der Waals surface area contributed by atoms with Gasteiger partial charge in [-0.1, -0.05) is 48.0 Å². The average Bonchev–Trinajstić information content (AvgIpc) is 2.57. The largest absolute Gasteiger partial charge is 0.349 e. The van der Waals surface area contributed by atoms with E-state index in [0.717, 1.165) is 11.1 Å². The van der Waals surface area contributed by atoms with E-state index in [1.807, 2.05) is 61.5 Å². The van der Waals surface area contributed by atoms with E-state index in [9.17, 15) is 9.59 Å². The highest BCUT2D eigenvalue weighted by Gasteiger charge is 2.19. The lowest BCUT2D eigenvalue weighted by atomic mass is 10.0. The first-order valence-corrected chi connectivity index (χ1v) is 7.85. The van der Waals surface area contributed by atoms with Crippen LogP contribution in [0.5, 0.6) is 0 Å². The van der Waals surface area contributed by atoms with Crippen molar-refractivity contribution in [3.63, 3.8) is 0 Å². The fourth-order valence-corrected chi connectivity index (χ4v) is 2.26. The van der Waals surface area contributed by atoms with Crippen LogP contribution in [0.15, 0.2) is 54.6 Å². The summed E-state index contributed by atoms with van der Waals surface area (Å²) in [6, 6.07) is 16.3. The topological polar surface area (TPSA) is 61.4 Å². The van der Waals surface area contributed by atoms with E-state index in [2.05, 4.69) is 10.6 Å². The number of hydrogen-bond donors (Lipinski definition) is 2. The molecule has 0 saturated carbocycles. The summed E-state index contributed by atoms with van der Waals surface area (Å²) in [5, 5.41) is 5.68. The minimum Gasteiger partial charge on any atom is -0.349 e. The third-order valence-electron chi connectivity index (χ3n) is 3.69. The SMILES string of the molecule is Cc1ccc(NC(=O)N[C@@H](CC(=O)N(C)C)c2ccccc2)cc1. The van der Waals surface area contributed by atoms with E-state index in [4.69, 9.17) is 0 Å². The first-order chi connectivity index (χ1) is 11.5. The van der Waals surface area contributed by atoms with Gasteiger partial charge in [0, 0.05) is 19.8 Å². The van der Waals surface area contributed by atoms with Crippen LogP contribution in [0, 0.1) is 6.92 Å². The van der Waals surface area contributed by atoms with Crippen molar-refractivity contribution in [3.8, 4) is 0 Å². The molecule has 0 bridgehead atoms. The highest BCUT2D eigenvalue weighted by Crippen LogP contribution is 2.18. The molecular weight excluding hydrogens is 302 g/mol. The van der Waals surface area contributed by atoms with Crippen molar-refractivity contribution in [2.75, 3.05) is 19.4 Å². The second-order valence-electron chi connectivity index (χ2n) is 5.92. The Balaban J connectivity index is 2.08. The number of aryl methyl sites for hydroxylation is 1. The Morgan fingerprint density at radius 3 is 2.21 bits per heavy atom. The standard InChI is InChI=1S/C19H23N3O2/c1-14-9-11-16(12-10-14)20-19(24)21-17(13-18(23)22(2)3)15-7-5-4-6-8-15/h4-12,17H,13H2,1-3H3,(H2,20,21,24)/t17-/m0/s1. The Morgan fingerprint density at radius 2 is 1.62 bits per heavy atom. The van der Waals surface area contributed by atoms with Crippen LogP contribution in [0.2, 0.25) is 0 Å². The first kappa shape index (κ1) is 17.5. The Kier molecular flexibility index (Phi) is 5.95. The van der Waals surface area contributed by atoms with Crippen LogP contribution in [0.3, 0.4) is 0 Å². The number of hydrogen-bond acceptors (Lipinski definition) is 2. The minimum absolute atomic E-state index is 0.0421. The molecule has 126 valence electrons. The average molecular weight is 325 g/mol. The third kappa shape index (κ3) is 5.12. The molecular formula is C19H23N3O2. The summed E-state index contributed by atoms with van der Waals surface area (Å²) in [5.74, 6) is -0.0421. The van der Waals surface area contributed by atoms with Crippen molar-refractivity contribution in [2.24, 2.45) is 0 Å². The molecule has 0 saturated heterocycles. The Hall–Kier alpha value is -2.82. The zero-order valence-corrected chi connectivity index (χ0v) is 14.2. The van der Waals surface area contributed by atoms with Gasteiger partial charge in [-0.15, -0.1) is 0 Å². The number of nitrogens with one attached hydrogen (secondary N) is 2. The van der Waals surface area contributed by atoms with Crippen LogP contribution in [0.4, 0.5) is 10.5 Å². The molecule has 5 nitrogen and oxygen atoms in total. The third-order valence-corrected chi connectivity index (χ3v) is 3.69. The monoisotopic (exact) mass is 325 g/mol. The molecule has 2 aromatic rings. The maximum atomic E-state index is 12.3. The van der Waals surface area contributed by atoms with Crippen molar-refractivity contribution in [1.82, 2.24) is 10.2 Å². The summed E-state index contributed by atoms with van der Waals surface area (Å²) < 4.78 is 0. The van der Waals surface area contributed by atoms with Gasteiger partial charge < -0.3 is 15.5 Å². The number of carbonyl (C=O) groups is 2. The summed E-state index contributed by atoms with van der Waals surface area (Å²) >= 11 is 0. The highest BCUT2D eigenvalue weighted by atomic mass is 16.2. The quantitative estimate of drug-likeness (QED) is 0.886. The smallest absolute Gasteiger partial charge is 0.319 e. The molecule has 1 atom stereocenters. The van der Waals surface area contributed by atoms with Crippen LogP contribution in [-0.2, 0) is 4.79 Å². The second-order valence-corrected chi connectivity index (χ2v) is 5.92. The van der Waals surface area contributed by atoms with Gasteiger partial charge in [-0.2, -0.15) is 0 Å². The predicted molar refractivity (Wildman–Crippen MR) is 95.8 cm³/mol. The molecule has 0 fully saturated rings. The van der Waals surface area contributed by atoms with E-state index in [1.54, 1.807) is 14.1 Å². The fraction of sp³-hybridized carbons (Fsp3) is 0.263. The number of rotatable bonds is 5. The van der Waals surface area contributed by atoms with Crippen molar-refractivity contribution >= 4 is 17.6 Å². The number of nitrogens with zero attached hydrogens (tertiary/aromatic N) is 1. The molecule has 0 aliphatic rings. The van der Waals surface area contributed by atoms with Gasteiger partial charge in [0.05, 0.1) is 12.5 Å². The first-order valence-electron chi connectivity index (χ1n) is 7.85. The van der Waals surface area contributed by atoms with E-state index in [0.29, 0.717) is 5.69 Å². The molecule has 0 radical (unpaired) electrons. The molecule has 0 aromatic heterocycles. The van der Waals surface area contributed by atoms with E-state index < -0.39 is 0 Å². The minimum atomic E-state index is -0.383. The summed E-state index contributed by atoms with van der Waals surface area (Å²) in [7, 11) is 3.41. The van der Waals surface area contributed by atoms with Gasteiger partial charge in [-0.25, -0.2) is 4.79 Å². The molecule has 2 N–H and O–H groups in total. The zero-order chi connectivity index (χ0) is 17.5. The molecule has 0 aliphatic carbocycles. The number of benzene rings is 2. The van der Waals surface area contributed by atoms with Crippen LogP contribution >= 0.6 is 0 Å².